The normalized spacial score (nSPS) is 13.6. The summed E-state index contributed by atoms with van der Waals surface area (Å²) in [5, 5.41) is 6.75. The Morgan fingerprint density at radius 2 is 1.87 bits per heavy atom. The number of carbonyl (C=O) groups is 1. The third kappa shape index (κ3) is 5.19. The van der Waals surface area contributed by atoms with Gasteiger partial charge in [-0.3, -0.25) is 4.79 Å². The molecule has 0 fully saturated rings. The monoisotopic (exact) mass is 439 g/mol. The summed E-state index contributed by atoms with van der Waals surface area (Å²) in [5.41, 5.74) is 4.39. The van der Waals surface area contributed by atoms with Gasteiger partial charge in [-0.25, -0.2) is 8.42 Å². The van der Waals surface area contributed by atoms with Crippen molar-refractivity contribution in [3.63, 3.8) is 0 Å². The molecule has 0 aliphatic heterocycles. The summed E-state index contributed by atoms with van der Waals surface area (Å²) < 4.78 is 30.2. The molecule has 4 rings (SSSR count). The minimum Gasteiger partial charge on any atom is -0.339 e. The molecule has 0 atom stereocenters. The van der Waals surface area contributed by atoms with Gasteiger partial charge >= 0.3 is 0 Å². The van der Waals surface area contributed by atoms with Gasteiger partial charge in [-0.1, -0.05) is 35.0 Å². The van der Waals surface area contributed by atoms with E-state index in [9.17, 15) is 13.2 Å². The number of fused-ring (bicyclic) bond motifs is 1. The van der Waals surface area contributed by atoms with Crippen LogP contribution in [0.15, 0.2) is 51.9 Å². The second kappa shape index (κ2) is 9.01. The maximum Gasteiger partial charge on any atom is 0.227 e. The number of amides is 1. The summed E-state index contributed by atoms with van der Waals surface area (Å²) in [4.78, 5) is 16.8. The zero-order valence-electron chi connectivity index (χ0n) is 17.4. The molecule has 1 N–H and O–H groups in total. The van der Waals surface area contributed by atoms with Gasteiger partial charge in [0.1, 0.15) is 5.75 Å². The number of anilines is 1. The molecule has 0 radical (unpaired) electrons. The molecule has 0 bridgehead atoms. The Kier molecular flexibility index (Phi) is 6.18. The van der Waals surface area contributed by atoms with Gasteiger partial charge in [0.05, 0.1) is 4.90 Å². The average Bonchev–Trinajstić information content (AvgIpc) is 3.19. The second-order valence-electron chi connectivity index (χ2n) is 7.88. The van der Waals surface area contributed by atoms with E-state index in [1.54, 1.807) is 24.3 Å². The van der Waals surface area contributed by atoms with Crippen molar-refractivity contribution >= 4 is 21.4 Å². The highest BCUT2D eigenvalue weighted by molar-refractivity contribution is 7.90. The lowest BCUT2D eigenvalue weighted by Crippen LogP contribution is -2.15. The summed E-state index contributed by atoms with van der Waals surface area (Å²) in [6, 6.07) is 12.7. The van der Waals surface area contributed by atoms with Crippen LogP contribution in [-0.4, -0.2) is 24.5 Å². The molecule has 0 saturated heterocycles. The van der Waals surface area contributed by atoms with Crippen LogP contribution in [0.25, 0.3) is 0 Å². The van der Waals surface area contributed by atoms with Gasteiger partial charge < -0.3 is 9.84 Å². The first kappa shape index (κ1) is 21.2. The predicted molar refractivity (Wildman–Crippen MR) is 116 cm³/mol. The molecule has 1 aliphatic carbocycles. The lowest BCUT2D eigenvalue weighted by molar-refractivity contribution is -0.116. The minimum atomic E-state index is -3.56. The Morgan fingerprint density at radius 1 is 1.10 bits per heavy atom. The number of carbonyl (C=O) groups excluding carboxylic acids is 1. The van der Waals surface area contributed by atoms with Crippen LogP contribution >= 0.6 is 0 Å². The van der Waals surface area contributed by atoms with Crippen LogP contribution in [0.5, 0.6) is 0 Å². The first-order valence-electron chi connectivity index (χ1n) is 10.4. The zero-order chi connectivity index (χ0) is 21.8. The third-order valence-corrected chi connectivity index (χ3v) is 7.07. The lowest BCUT2D eigenvalue weighted by Gasteiger charge is -2.19. The molecule has 1 aliphatic rings. The van der Waals surface area contributed by atoms with E-state index in [1.807, 2.05) is 19.1 Å². The fourth-order valence-electron chi connectivity index (χ4n) is 3.78. The molecule has 162 valence electrons. The fraction of sp³-hybridized carbons (Fsp3) is 0.348. The molecule has 0 saturated carbocycles. The molecule has 0 unspecified atom stereocenters. The molecule has 1 amide bonds. The average molecular weight is 440 g/mol. The predicted octanol–water partition coefficient (Wildman–Crippen LogP) is 3.80. The number of sulfone groups is 1. The van der Waals surface area contributed by atoms with Gasteiger partial charge in [-0.05, 0) is 61.9 Å². The van der Waals surface area contributed by atoms with Crippen molar-refractivity contribution in [3.8, 4) is 0 Å². The largest absolute Gasteiger partial charge is 0.339 e. The molecule has 1 aromatic heterocycles. The van der Waals surface area contributed by atoms with Crippen LogP contribution < -0.4 is 5.32 Å². The second-order valence-corrected chi connectivity index (χ2v) is 9.86. The first-order valence-corrected chi connectivity index (χ1v) is 12.1. The van der Waals surface area contributed by atoms with E-state index in [1.165, 1.54) is 17.5 Å². The van der Waals surface area contributed by atoms with E-state index >= 15 is 0 Å². The van der Waals surface area contributed by atoms with Crippen molar-refractivity contribution in [2.24, 2.45) is 0 Å². The SMILES string of the molecule is Cc1ccc(S(=O)(=O)Cc2noc(CCC(=O)Nc3cccc4c3CCCC4)n2)cc1. The van der Waals surface area contributed by atoms with Gasteiger partial charge in [-0.15, -0.1) is 0 Å². The Balaban J connectivity index is 1.34. The topological polar surface area (TPSA) is 102 Å². The van der Waals surface area contributed by atoms with Crippen LogP contribution in [0.2, 0.25) is 0 Å². The molecule has 0 spiro atoms. The zero-order valence-corrected chi connectivity index (χ0v) is 18.2. The number of rotatable bonds is 7. The van der Waals surface area contributed by atoms with Crippen LogP contribution in [0.4, 0.5) is 5.69 Å². The van der Waals surface area contributed by atoms with E-state index in [0.717, 1.165) is 30.5 Å². The maximum absolute atomic E-state index is 12.5. The van der Waals surface area contributed by atoms with Gasteiger partial charge in [-0.2, -0.15) is 4.98 Å². The number of nitrogens with zero attached hydrogens (tertiary/aromatic N) is 2. The van der Waals surface area contributed by atoms with Crippen LogP contribution in [0.3, 0.4) is 0 Å². The first-order chi connectivity index (χ1) is 14.9. The highest BCUT2D eigenvalue weighted by Crippen LogP contribution is 2.28. The molecule has 3 aromatic rings. The van der Waals surface area contributed by atoms with Crippen molar-refractivity contribution < 1.29 is 17.7 Å². The van der Waals surface area contributed by atoms with Gasteiger partial charge in [0, 0.05) is 18.5 Å². The molecular formula is C23H25N3O4S. The van der Waals surface area contributed by atoms with E-state index in [2.05, 4.69) is 21.5 Å². The highest BCUT2D eigenvalue weighted by Gasteiger charge is 2.20. The van der Waals surface area contributed by atoms with Gasteiger partial charge in [0.25, 0.3) is 0 Å². The molecule has 8 heteroatoms. The van der Waals surface area contributed by atoms with Crippen LogP contribution in [-0.2, 0) is 39.6 Å². The van der Waals surface area contributed by atoms with E-state index in [-0.39, 0.29) is 41.1 Å². The molecule has 7 nitrogen and oxygen atoms in total. The van der Waals surface area contributed by atoms with Crippen LogP contribution in [0.1, 0.15) is 47.7 Å². The number of nitrogens with one attached hydrogen (secondary N) is 1. The Labute approximate surface area is 181 Å². The third-order valence-electron chi connectivity index (χ3n) is 5.45. The number of hydrogen-bond acceptors (Lipinski definition) is 6. The number of aromatic nitrogens is 2. The Morgan fingerprint density at radius 3 is 2.68 bits per heavy atom. The highest BCUT2D eigenvalue weighted by atomic mass is 32.2. The summed E-state index contributed by atoms with van der Waals surface area (Å²) in [7, 11) is -3.56. The fourth-order valence-corrected chi connectivity index (χ4v) is 4.96. The summed E-state index contributed by atoms with van der Waals surface area (Å²) >= 11 is 0. The molecule has 31 heavy (non-hydrogen) atoms. The Hall–Kier alpha value is -3.00. The van der Waals surface area contributed by atoms with Gasteiger partial charge in [0.2, 0.25) is 11.8 Å². The summed E-state index contributed by atoms with van der Waals surface area (Å²) in [6.07, 6.45) is 4.78. The van der Waals surface area contributed by atoms with E-state index < -0.39 is 9.84 Å². The molecular weight excluding hydrogens is 414 g/mol. The molecule has 2 aromatic carbocycles. The smallest absolute Gasteiger partial charge is 0.227 e. The number of hydrogen-bond donors (Lipinski definition) is 1. The number of aryl methyl sites for hydroxylation is 3. The minimum absolute atomic E-state index is 0.0908. The van der Waals surface area contributed by atoms with Crippen molar-refractivity contribution in [1.82, 2.24) is 10.1 Å². The summed E-state index contributed by atoms with van der Waals surface area (Å²) in [6.45, 7) is 1.89. The van der Waals surface area contributed by atoms with Crippen molar-refractivity contribution in [2.45, 2.75) is 56.1 Å². The lowest BCUT2D eigenvalue weighted by atomic mass is 9.90. The molecule has 1 heterocycles. The number of benzene rings is 2. The van der Waals surface area contributed by atoms with Crippen molar-refractivity contribution in [1.29, 1.82) is 0 Å². The van der Waals surface area contributed by atoms with E-state index in [4.69, 9.17) is 4.52 Å². The maximum atomic E-state index is 12.5. The van der Waals surface area contributed by atoms with Gasteiger partial charge in [0.15, 0.2) is 15.7 Å². The summed E-state index contributed by atoms with van der Waals surface area (Å²) in [5.74, 6) is -0.138. The van der Waals surface area contributed by atoms with Crippen LogP contribution in [0, 0.1) is 6.92 Å². The quantitative estimate of drug-likeness (QED) is 0.601. The van der Waals surface area contributed by atoms with Crippen molar-refractivity contribution in [3.05, 3.63) is 70.9 Å². The van der Waals surface area contributed by atoms with E-state index in [0.29, 0.717) is 0 Å². The van der Waals surface area contributed by atoms with Crippen molar-refractivity contribution in [2.75, 3.05) is 5.32 Å². The standard InChI is InChI=1S/C23H25N3O4S/c1-16-9-11-18(12-10-16)31(28,29)15-21-25-23(30-26-21)14-13-22(27)24-20-8-4-6-17-5-2-3-7-19(17)20/h4,6,8-12H,2-3,5,7,13-15H2,1H3,(H,24,27). The Bertz CT molecular complexity index is 1180.